The van der Waals surface area contributed by atoms with Crippen molar-refractivity contribution < 1.29 is 21.3 Å². The lowest BCUT2D eigenvalue weighted by atomic mass is 10.1. The van der Waals surface area contributed by atoms with Crippen molar-refractivity contribution in [2.24, 2.45) is 0 Å². The molecule has 0 amide bonds. The maximum Gasteiger partial charge on any atom is 0.123 e. The number of halogens is 2. The zero-order valence-corrected chi connectivity index (χ0v) is 18.4. The van der Waals surface area contributed by atoms with Gasteiger partial charge in [0.1, 0.15) is 12.4 Å². The molecule has 3 aromatic rings. The monoisotopic (exact) mass is 428 g/mol. The highest BCUT2D eigenvalue weighted by molar-refractivity contribution is 7.99. The first-order valence-corrected chi connectivity index (χ1v) is 10.5. The Morgan fingerprint density at radius 1 is 0.828 bits per heavy atom. The fourth-order valence-corrected chi connectivity index (χ4v) is 4.94. The third-order valence-electron chi connectivity index (χ3n) is 5.20. The van der Waals surface area contributed by atoms with Crippen LogP contribution in [0.1, 0.15) is 12.0 Å². The molecule has 5 heteroatoms. The van der Waals surface area contributed by atoms with Gasteiger partial charge in [-0.2, -0.15) is 0 Å². The molecule has 4 rings (SSSR count). The molecule has 3 aromatic carbocycles. The Morgan fingerprint density at radius 2 is 1.38 bits per heavy atom. The van der Waals surface area contributed by atoms with E-state index in [4.69, 9.17) is 0 Å². The van der Waals surface area contributed by atoms with Gasteiger partial charge >= 0.3 is 0 Å². The molecule has 2 nitrogen and oxygen atoms in total. The smallest absolute Gasteiger partial charge is 0.123 e. The quantitative estimate of drug-likeness (QED) is 0.555. The second kappa shape index (κ2) is 9.21. The van der Waals surface area contributed by atoms with E-state index in [1.54, 1.807) is 12.1 Å². The summed E-state index contributed by atoms with van der Waals surface area (Å²) in [5.74, 6) is -0.172. The van der Waals surface area contributed by atoms with Crippen molar-refractivity contribution in [1.29, 1.82) is 0 Å². The van der Waals surface area contributed by atoms with Gasteiger partial charge in [-0.15, -0.1) is 0 Å². The summed E-state index contributed by atoms with van der Waals surface area (Å²) in [6, 6.07) is 24.2. The van der Waals surface area contributed by atoms with Crippen LogP contribution >= 0.6 is 11.8 Å². The maximum absolute atomic E-state index is 13.2. The Hall–Kier alpha value is -2.01. The Morgan fingerprint density at radius 3 is 1.97 bits per heavy atom. The highest BCUT2D eigenvalue weighted by Gasteiger charge is 2.23. The van der Waals surface area contributed by atoms with E-state index < -0.39 is 0 Å². The minimum absolute atomic E-state index is 0. The van der Waals surface area contributed by atoms with Gasteiger partial charge in [0.15, 0.2) is 0 Å². The van der Waals surface area contributed by atoms with Gasteiger partial charge in [0.2, 0.25) is 0 Å². The predicted octanol–water partition coefficient (Wildman–Crippen LogP) is 3.10. The molecule has 0 atom stereocenters. The van der Waals surface area contributed by atoms with Crippen molar-refractivity contribution in [3.63, 3.8) is 0 Å². The molecular formula is C24H26ClFN2S. The standard InChI is InChI=1S/C24H26FN2S.ClH/c1-27(2,18-19-12-14-20(25)15-13-19)17-7-16-26-21-8-3-5-10-23(21)28-24-11-6-4-9-22(24)26;/h3-6,8-15H,7,16-18H2,1-2H3;1H/q+1;/p-1. The zero-order chi connectivity index (χ0) is 19.6. The van der Waals surface area contributed by atoms with Crippen molar-refractivity contribution in [2.45, 2.75) is 22.8 Å². The number of para-hydroxylation sites is 2. The van der Waals surface area contributed by atoms with E-state index in [0.29, 0.717) is 0 Å². The lowest BCUT2D eigenvalue weighted by Gasteiger charge is -2.35. The van der Waals surface area contributed by atoms with E-state index in [9.17, 15) is 4.39 Å². The summed E-state index contributed by atoms with van der Waals surface area (Å²) in [6.07, 6.45) is 1.08. The average Bonchev–Trinajstić information content (AvgIpc) is 2.69. The molecule has 0 saturated heterocycles. The van der Waals surface area contributed by atoms with E-state index in [1.165, 1.54) is 26.7 Å². The van der Waals surface area contributed by atoms with Gasteiger partial charge in [0.05, 0.1) is 32.0 Å². The van der Waals surface area contributed by atoms with Crippen LogP contribution in [-0.4, -0.2) is 31.7 Å². The second-order valence-electron chi connectivity index (χ2n) is 7.99. The van der Waals surface area contributed by atoms with Gasteiger partial charge < -0.3 is 21.8 Å². The molecule has 0 bridgehead atoms. The van der Waals surface area contributed by atoms with E-state index in [1.807, 2.05) is 23.9 Å². The highest BCUT2D eigenvalue weighted by atomic mass is 35.5. The summed E-state index contributed by atoms with van der Waals surface area (Å²) in [5.41, 5.74) is 3.78. The van der Waals surface area contributed by atoms with E-state index in [0.717, 1.165) is 30.5 Å². The number of hydrogen-bond acceptors (Lipinski definition) is 2. The molecule has 152 valence electrons. The molecule has 1 heterocycles. The Bertz CT molecular complexity index is 914. The first kappa shape index (κ1) is 21.7. The third-order valence-corrected chi connectivity index (χ3v) is 6.33. The minimum atomic E-state index is -0.172. The molecular weight excluding hydrogens is 403 g/mol. The number of hydrogen-bond donors (Lipinski definition) is 0. The van der Waals surface area contributed by atoms with Crippen LogP contribution in [0.5, 0.6) is 0 Å². The molecule has 29 heavy (non-hydrogen) atoms. The summed E-state index contributed by atoms with van der Waals surface area (Å²) < 4.78 is 14.0. The van der Waals surface area contributed by atoms with Crippen molar-refractivity contribution in [1.82, 2.24) is 0 Å². The minimum Gasteiger partial charge on any atom is -1.00 e. The third kappa shape index (κ3) is 5.13. The van der Waals surface area contributed by atoms with E-state index in [2.05, 4.69) is 67.5 Å². The molecule has 0 spiro atoms. The Balaban J connectivity index is 0.00000240. The van der Waals surface area contributed by atoms with Crippen LogP contribution in [0.3, 0.4) is 0 Å². The summed E-state index contributed by atoms with van der Waals surface area (Å²) in [6.45, 7) is 2.95. The van der Waals surface area contributed by atoms with E-state index in [-0.39, 0.29) is 18.2 Å². The predicted molar refractivity (Wildman–Crippen MR) is 116 cm³/mol. The Labute approximate surface area is 183 Å². The fraction of sp³-hybridized carbons (Fsp3) is 0.250. The van der Waals surface area contributed by atoms with Crippen molar-refractivity contribution in [3.05, 3.63) is 84.2 Å². The topological polar surface area (TPSA) is 3.24 Å². The van der Waals surface area contributed by atoms with Gasteiger partial charge in [-0.1, -0.05) is 48.2 Å². The SMILES string of the molecule is C[N+](C)(CCCN1c2ccccc2Sc2ccccc21)Cc1ccc(F)cc1.[Cl-]. The largest absolute Gasteiger partial charge is 1.00 e. The second-order valence-corrected chi connectivity index (χ2v) is 9.07. The van der Waals surface area contributed by atoms with Crippen LogP contribution in [0, 0.1) is 5.82 Å². The number of quaternary nitrogens is 1. The van der Waals surface area contributed by atoms with Crippen molar-refractivity contribution >= 4 is 23.1 Å². The molecule has 0 unspecified atom stereocenters. The number of nitrogens with zero attached hydrogens (tertiary/aromatic N) is 2. The van der Waals surface area contributed by atoms with Gasteiger partial charge in [0.25, 0.3) is 0 Å². The molecule has 1 aliphatic rings. The number of fused-ring (bicyclic) bond motifs is 2. The van der Waals surface area contributed by atoms with Gasteiger partial charge in [-0.3, -0.25) is 0 Å². The molecule has 0 saturated carbocycles. The molecule has 0 N–H and O–H groups in total. The van der Waals surface area contributed by atoms with Crippen molar-refractivity contribution in [2.75, 3.05) is 32.1 Å². The summed E-state index contributed by atoms with van der Waals surface area (Å²) >= 11 is 1.85. The van der Waals surface area contributed by atoms with Gasteiger partial charge in [0, 0.05) is 28.3 Å². The molecule has 1 aliphatic heterocycles. The number of rotatable bonds is 6. The Kier molecular flexibility index (Phi) is 6.89. The molecule has 0 fully saturated rings. The maximum atomic E-state index is 13.2. The van der Waals surface area contributed by atoms with Crippen LogP contribution in [0.2, 0.25) is 0 Å². The van der Waals surface area contributed by atoms with Crippen LogP contribution in [0.4, 0.5) is 15.8 Å². The zero-order valence-electron chi connectivity index (χ0n) is 16.8. The van der Waals surface area contributed by atoms with Crippen LogP contribution in [0.25, 0.3) is 0 Å². The normalized spacial score (nSPS) is 12.7. The summed E-state index contributed by atoms with van der Waals surface area (Å²) in [7, 11) is 4.49. The highest BCUT2D eigenvalue weighted by Crippen LogP contribution is 2.47. The average molecular weight is 429 g/mol. The summed E-state index contributed by atoms with van der Waals surface area (Å²) in [4.78, 5) is 5.10. The van der Waals surface area contributed by atoms with Crippen LogP contribution in [0.15, 0.2) is 82.6 Å². The molecule has 0 aliphatic carbocycles. The van der Waals surface area contributed by atoms with Gasteiger partial charge in [-0.25, -0.2) is 4.39 Å². The lowest BCUT2D eigenvalue weighted by molar-refractivity contribution is -0.903. The fourth-order valence-electron chi connectivity index (χ4n) is 3.84. The van der Waals surface area contributed by atoms with Crippen molar-refractivity contribution in [3.8, 4) is 0 Å². The molecule has 0 aromatic heterocycles. The molecule has 0 radical (unpaired) electrons. The number of benzene rings is 3. The first-order valence-electron chi connectivity index (χ1n) is 9.72. The van der Waals surface area contributed by atoms with Gasteiger partial charge in [-0.05, 0) is 36.4 Å². The van der Waals surface area contributed by atoms with Crippen LogP contribution < -0.4 is 17.3 Å². The summed E-state index contributed by atoms with van der Waals surface area (Å²) in [5, 5.41) is 0. The van der Waals surface area contributed by atoms with E-state index >= 15 is 0 Å². The van der Waals surface area contributed by atoms with Crippen LogP contribution in [-0.2, 0) is 6.54 Å². The number of anilines is 2. The first-order chi connectivity index (χ1) is 13.5. The lowest BCUT2D eigenvalue weighted by Crippen LogP contribution is -3.00.